The third-order valence-corrected chi connectivity index (χ3v) is 6.34. The standard InChI is InChI=1S/C24H25BrN4O3/c1-4-32-23(31)21-19(14-6-5-9-27-12-14)20-16(10-24(2,3)11-17(20)30)29(22(21)26)18-8-7-15(25)13-28-18/h5-9,12-13,19,21,26H,4,10-11H2,1-3H3. The van der Waals surface area contributed by atoms with Gasteiger partial charge in [0.1, 0.15) is 17.6 Å². The Labute approximate surface area is 195 Å². The summed E-state index contributed by atoms with van der Waals surface area (Å²) in [5.74, 6) is -1.60. The highest BCUT2D eigenvalue weighted by molar-refractivity contribution is 9.10. The number of pyridine rings is 2. The maximum absolute atomic E-state index is 13.5. The topological polar surface area (TPSA) is 96.2 Å². The summed E-state index contributed by atoms with van der Waals surface area (Å²) < 4.78 is 6.17. The molecule has 0 amide bonds. The van der Waals surface area contributed by atoms with Crippen molar-refractivity contribution in [2.45, 2.75) is 39.5 Å². The summed E-state index contributed by atoms with van der Waals surface area (Å²) >= 11 is 3.40. The number of nitrogens with one attached hydrogen (secondary N) is 1. The molecular weight excluding hydrogens is 472 g/mol. The molecule has 32 heavy (non-hydrogen) atoms. The minimum absolute atomic E-state index is 0.0194. The molecule has 4 rings (SSSR count). The van der Waals surface area contributed by atoms with Gasteiger partial charge in [-0.15, -0.1) is 0 Å². The van der Waals surface area contributed by atoms with Crippen LogP contribution < -0.4 is 4.90 Å². The van der Waals surface area contributed by atoms with E-state index in [4.69, 9.17) is 10.1 Å². The number of hydrogen-bond donors (Lipinski definition) is 1. The number of nitrogens with zero attached hydrogens (tertiary/aromatic N) is 3. The minimum atomic E-state index is -0.978. The highest BCUT2D eigenvalue weighted by Crippen LogP contribution is 2.50. The third-order valence-electron chi connectivity index (χ3n) is 5.87. The van der Waals surface area contributed by atoms with Gasteiger partial charge in [0, 0.05) is 46.7 Å². The number of esters is 1. The first-order chi connectivity index (χ1) is 15.2. The highest BCUT2D eigenvalue weighted by atomic mass is 79.9. The molecule has 2 unspecified atom stereocenters. The second-order valence-electron chi connectivity index (χ2n) is 8.85. The molecule has 166 valence electrons. The normalized spacial score (nSPS) is 22.6. The van der Waals surface area contributed by atoms with Crippen molar-refractivity contribution in [1.29, 1.82) is 5.41 Å². The van der Waals surface area contributed by atoms with E-state index in [1.165, 1.54) is 0 Å². The van der Waals surface area contributed by atoms with Gasteiger partial charge in [-0.25, -0.2) is 4.98 Å². The number of halogens is 1. The fourth-order valence-corrected chi connectivity index (χ4v) is 4.86. The molecule has 0 fully saturated rings. The van der Waals surface area contributed by atoms with Crippen LogP contribution in [-0.2, 0) is 14.3 Å². The van der Waals surface area contributed by atoms with Gasteiger partial charge in [-0.1, -0.05) is 19.9 Å². The van der Waals surface area contributed by atoms with Gasteiger partial charge in [0.15, 0.2) is 5.78 Å². The van der Waals surface area contributed by atoms with E-state index in [1.54, 1.807) is 42.5 Å². The molecule has 0 saturated carbocycles. The van der Waals surface area contributed by atoms with Crippen LogP contribution in [0.2, 0.25) is 0 Å². The smallest absolute Gasteiger partial charge is 0.317 e. The Morgan fingerprint density at radius 2 is 2.06 bits per heavy atom. The number of carbonyl (C=O) groups is 2. The zero-order chi connectivity index (χ0) is 23.0. The first-order valence-corrected chi connectivity index (χ1v) is 11.4. The molecule has 1 aliphatic carbocycles. The van der Waals surface area contributed by atoms with E-state index in [0.717, 1.165) is 15.7 Å². The number of carbonyl (C=O) groups excluding carboxylic acids is 2. The Morgan fingerprint density at radius 1 is 1.28 bits per heavy atom. The summed E-state index contributed by atoms with van der Waals surface area (Å²) in [5.41, 5.74) is 1.72. The van der Waals surface area contributed by atoms with Gasteiger partial charge < -0.3 is 4.74 Å². The van der Waals surface area contributed by atoms with Crippen molar-refractivity contribution >= 4 is 39.3 Å². The van der Waals surface area contributed by atoms with Crippen LogP contribution in [0.4, 0.5) is 5.82 Å². The van der Waals surface area contributed by atoms with Crippen LogP contribution in [0.15, 0.2) is 58.6 Å². The molecular formula is C24H25BrN4O3. The van der Waals surface area contributed by atoms with Gasteiger partial charge in [-0.05, 0) is 58.5 Å². The van der Waals surface area contributed by atoms with Crippen LogP contribution in [0.1, 0.15) is 45.1 Å². The van der Waals surface area contributed by atoms with Gasteiger partial charge in [-0.2, -0.15) is 0 Å². The van der Waals surface area contributed by atoms with Crippen molar-refractivity contribution in [3.63, 3.8) is 0 Å². The summed E-state index contributed by atoms with van der Waals surface area (Å²) in [7, 11) is 0. The molecule has 1 aliphatic heterocycles. The van der Waals surface area contributed by atoms with E-state index in [0.29, 0.717) is 24.2 Å². The summed E-state index contributed by atoms with van der Waals surface area (Å²) in [5, 5.41) is 9.11. The van der Waals surface area contributed by atoms with E-state index in [-0.39, 0.29) is 23.6 Å². The third kappa shape index (κ3) is 3.99. The van der Waals surface area contributed by atoms with Gasteiger partial charge in [0.2, 0.25) is 0 Å². The Bertz CT molecular complexity index is 1100. The van der Waals surface area contributed by atoms with Crippen LogP contribution in [0.5, 0.6) is 0 Å². The number of Topliss-reactive ketones (excluding diaryl/α,β-unsaturated/α-hetero) is 1. The van der Waals surface area contributed by atoms with E-state index in [2.05, 4.69) is 25.9 Å². The first-order valence-electron chi connectivity index (χ1n) is 10.6. The van der Waals surface area contributed by atoms with Crippen molar-refractivity contribution in [3.05, 3.63) is 64.2 Å². The van der Waals surface area contributed by atoms with Crippen molar-refractivity contribution in [3.8, 4) is 0 Å². The summed E-state index contributed by atoms with van der Waals surface area (Å²) in [6.07, 6.45) is 5.91. The number of hydrogen-bond acceptors (Lipinski definition) is 6. The molecule has 2 atom stereocenters. The summed E-state index contributed by atoms with van der Waals surface area (Å²) in [6.45, 7) is 6.01. The number of ketones is 1. The first kappa shape index (κ1) is 22.3. The molecule has 2 aromatic heterocycles. The molecule has 0 spiro atoms. The Balaban J connectivity index is 1.99. The molecule has 3 heterocycles. The number of ether oxygens (including phenoxy) is 1. The molecule has 2 aliphatic rings. The molecule has 0 saturated heterocycles. The zero-order valence-corrected chi connectivity index (χ0v) is 19.8. The van der Waals surface area contributed by atoms with Crippen molar-refractivity contribution in [2.24, 2.45) is 11.3 Å². The van der Waals surface area contributed by atoms with Crippen molar-refractivity contribution in [1.82, 2.24) is 9.97 Å². The Hall–Kier alpha value is -2.87. The second-order valence-corrected chi connectivity index (χ2v) is 9.77. The lowest BCUT2D eigenvalue weighted by molar-refractivity contribution is -0.146. The van der Waals surface area contributed by atoms with E-state index >= 15 is 0 Å². The van der Waals surface area contributed by atoms with Gasteiger partial charge in [0.05, 0.1) is 6.61 Å². The average Bonchev–Trinajstić information content (AvgIpc) is 2.74. The van der Waals surface area contributed by atoms with Gasteiger partial charge in [-0.3, -0.25) is 24.9 Å². The lowest BCUT2D eigenvalue weighted by Gasteiger charge is -2.46. The number of amidine groups is 1. The molecule has 8 heteroatoms. The fraction of sp³-hybridized carbons (Fsp3) is 0.375. The molecule has 1 N–H and O–H groups in total. The quantitative estimate of drug-likeness (QED) is 0.619. The molecule has 0 radical (unpaired) electrons. The van der Waals surface area contributed by atoms with Crippen molar-refractivity contribution < 1.29 is 14.3 Å². The minimum Gasteiger partial charge on any atom is -0.465 e. The van der Waals surface area contributed by atoms with Crippen LogP contribution in [-0.4, -0.2) is 34.2 Å². The van der Waals surface area contributed by atoms with E-state index < -0.39 is 17.8 Å². The average molecular weight is 497 g/mol. The predicted molar refractivity (Wildman–Crippen MR) is 124 cm³/mol. The number of aromatic nitrogens is 2. The molecule has 0 aromatic carbocycles. The largest absolute Gasteiger partial charge is 0.465 e. The maximum atomic E-state index is 13.5. The van der Waals surface area contributed by atoms with E-state index in [1.807, 2.05) is 26.0 Å². The molecule has 0 bridgehead atoms. The van der Waals surface area contributed by atoms with Gasteiger partial charge in [0.25, 0.3) is 0 Å². The SMILES string of the molecule is CCOC(=O)C1C(=N)N(c2ccc(Br)cn2)C2=C(C(=O)CC(C)(C)C2)C1c1cccnc1. The lowest BCUT2D eigenvalue weighted by Crippen LogP contribution is -2.51. The Kier molecular flexibility index (Phi) is 5.99. The summed E-state index contributed by atoms with van der Waals surface area (Å²) in [4.78, 5) is 37.1. The maximum Gasteiger partial charge on any atom is 0.317 e. The molecule has 2 aromatic rings. The molecule has 7 nitrogen and oxygen atoms in total. The van der Waals surface area contributed by atoms with Crippen LogP contribution in [0.25, 0.3) is 0 Å². The lowest BCUT2D eigenvalue weighted by atomic mass is 9.66. The van der Waals surface area contributed by atoms with Crippen LogP contribution in [0.3, 0.4) is 0 Å². The second kappa shape index (κ2) is 8.58. The number of rotatable bonds is 4. The Morgan fingerprint density at radius 3 is 2.69 bits per heavy atom. The van der Waals surface area contributed by atoms with Crippen LogP contribution >= 0.6 is 15.9 Å². The zero-order valence-electron chi connectivity index (χ0n) is 18.3. The van der Waals surface area contributed by atoms with Crippen LogP contribution in [0, 0.1) is 16.7 Å². The monoisotopic (exact) mass is 496 g/mol. The number of allylic oxidation sites excluding steroid dienone is 2. The van der Waals surface area contributed by atoms with E-state index in [9.17, 15) is 9.59 Å². The summed E-state index contributed by atoms with van der Waals surface area (Å²) in [6, 6.07) is 7.24. The predicted octanol–water partition coefficient (Wildman–Crippen LogP) is 4.64. The number of anilines is 1. The fourth-order valence-electron chi connectivity index (χ4n) is 4.62. The van der Waals surface area contributed by atoms with Crippen molar-refractivity contribution in [2.75, 3.05) is 11.5 Å². The van der Waals surface area contributed by atoms with Gasteiger partial charge >= 0.3 is 5.97 Å². The highest BCUT2D eigenvalue weighted by Gasteiger charge is 2.51.